The summed E-state index contributed by atoms with van der Waals surface area (Å²) in [5.74, 6) is -1.03. The summed E-state index contributed by atoms with van der Waals surface area (Å²) in [5.41, 5.74) is 1.48. The number of alkyl halides is 3. The zero-order chi connectivity index (χ0) is 20.2. The number of furan rings is 1. The summed E-state index contributed by atoms with van der Waals surface area (Å²) in [6, 6.07) is 6.07. The van der Waals surface area contributed by atoms with Gasteiger partial charge in [-0.3, -0.25) is 9.78 Å². The van der Waals surface area contributed by atoms with E-state index in [2.05, 4.69) is 20.4 Å². The SMILES string of the molecule is O=C1C[C@@H](c2ccco2)CC2=C1[C@@H](c1cccnc1)n1nc(C(F)(F)F)nc1N2. The number of ketones is 1. The molecule has 2 atom stereocenters. The quantitative estimate of drug-likeness (QED) is 0.705. The van der Waals surface area contributed by atoms with Crippen LogP contribution in [0.15, 0.2) is 58.6 Å². The van der Waals surface area contributed by atoms with Crippen molar-refractivity contribution in [2.75, 3.05) is 5.32 Å². The molecule has 7 nitrogen and oxygen atoms in total. The van der Waals surface area contributed by atoms with Crippen LogP contribution >= 0.6 is 0 Å². The first-order valence-electron chi connectivity index (χ1n) is 8.92. The Morgan fingerprint density at radius 1 is 1.21 bits per heavy atom. The van der Waals surface area contributed by atoms with Crippen LogP contribution in [0, 0.1) is 0 Å². The van der Waals surface area contributed by atoms with Crippen LogP contribution < -0.4 is 5.32 Å². The third kappa shape index (κ3) is 2.91. The Balaban J connectivity index is 1.64. The molecule has 1 N–H and O–H groups in total. The predicted octanol–water partition coefficient (Wildman–Crippen LogP) is 3.70. The summed E-state index contributed by atoms with van der Waals surface area (Å²) in [4.78, 5) is 20.8. The predicted molar refractivity (Wildman–Crippen MR) is 93.7 cm³/mol. The van der Waals surface area contributed by atoms with Gasteiger partial charge in [0.1, 0.15) is 11.8 Å². The van der Waals surface area contributed by atoms with E-state index >= 15 is 0 Å². The minimum absolute atomic E-state index is 0.0576. The van der Waals surface area contributed by atoms with E-state index < -0.39 is 18.0 Å². The number of pyridine rings is 1. The van der Waals surface area contributed by atoms with Crippen LogP contribution in [0.3, 0.4) is 0 Å². The van der Waals surface area contributed by atoms with Crippen molar-refractivity contribution in [1.82, 2.24) is 19.7 Å². The topological polar surface area (TPSA) is 85.8 Å². The third-order valence-electron chi connectivity index (χ3n) is 5.12. The Kier molecular flexibility index (Phi) is 3.83. The van der Waals surface area contributed by atoms with Crippen LogP contribution in [0.1, 0.15) is 41.9 Å². The van der Waals surface area contributed by atoms with E-state index in [1.54, 1.807) is 30.5 Å². The molecule has 0 bridgehead atoms. The first kappa shape index (κ1) is 17.7. The molecular formula is C19H14F3N5O2. The maximum atomic E-state index is 13.2. The number of anilines is 1. The molecule has 1 aliphatic heterocycles. The molecular weight excluding hydrogens is 387 g/mol. The van der Waals surface area contributed by atoms with E-state index in [1.165, 1.54) is 12.5 Å². The van der Waals surface area contributed by atoms with Crippen LogP contribution in [0.2, 0.25) is 0 Å². The maximum Gasteiger partial charge on any atom is 0.453 e. The average molecular weight is 401 g/mol. The summed E-state index contributed by atoms with van der Waals surface area (Å²) in [5, 5.41) is 6.56. The van der Waals surface area contributed by atoms with E-state index in [1.807, 2.05) is 0 Å². The van der Waals surface area contributed by atoms with Crippen LogP contribution in [-0.4, -0.2) is 25.5 Å². The van der Waals surface area contributed by atoms with Crippen molar-refractivity contribution in [3.05, 3.63) is 71.3 Å². The molecule has 0 aromatic carbocycles. The number of hydrogen-bond acceptors (Lipinski definition) is 6. The molecule has 10 heteroatoms. The molecule has 148 valence electrons. The Morgan fingerprint density at radius 3 is 2.76 bits per heavy atom. The number of hydrogen-bond donors (Lipinski definition) is 1. The number of nitrogens with zero attached hydrogens (tertiary/aromatic N) is 4. The Bertz CT molecular complexity index is 1100. The number of aromatic nitrogens is 4. The van der Waals surface area contributed by atoms with Gasteiger partial charge < -0.3 is 9.73 Å². The van der Waals surface area contributed by atoms with Gasteiger partial charge in [0.15, 0.2) is 5.78 Å². The monoisotopic (exact) mass is 401 g/mol. The molecule has 1 aliphatic carbocycles. The number of halogens is 3. The second-order valence-electron chi connectivity index (χ2n) is 6.95. The molecule has 5 rings (SSSR count). The average Bonchev–Trinajstić information content (AvgIpc) is 3.36. The van der Waals surface area contributed by atoms with Gasteiger partial charge >= 0.3 is 6.18 Å². The lowest BCUT2D eigenvalue weighted by Gasteiger charge is -2.34. The van der Waals surface area contributed by atoms with Crippen molar-refractivity contribution in [3.63, 3.8) is 0 Å². The number of allylic oxidation sites excluding steroid dienone is 2. The van der Waals surface area contributed by atoms with Crippen molar-refractivity contribution in [2.24, 2.45) is 0 Å². The minimum atomic E-state index is -4.70. The molecule has 3 aromatic heterocycles. The number of Topliss-reactive ketones (excluding diaryl/α,β-unsaturated/α-hetero) is 1. The highest BCUT2D eigenvalue weighted by molar-refractivity contribution is 6.00. The van der Waals surface area contributed by atoms with Gasteiger partial charge in [0.2, 0.25) is 5.95 Å². The smallest absolute Gasteiger partial charge is 0.453 e. The lowest BCUT2D eigenvalue weighted by molar-refractivity contribution is -0.145. The minimum Gasteiger partial charge on any atom is -0.469 e. The highest BCUT2D eigenvalue weighted by Crippen LogP contribution is 2.44. The summed E-state index contributed by atoms with van der Waals surface area (Å²) >= 11 is 0. The van der Waals surface area contributed by atoms with Crippen LogP contribution in [0.4, 0.5) is 19.1 Å². The van der Waals surface area contributed by atoms with E-state index in [-0.39, 0.29) is 24.1 Å². The van der Waals surface area contributed by atoms with Crippen molar-refractivity contribution in [1.29, 1.82) is 0 Å². The number of carbonyl (C=O) groups is 1. The van der Waals surface area contributed by atoms with Gasteiger partial charge in [-0.15, -0.1) is 5.10 Å². The molecule has 29 heavy (non-hydrogen) atoms. The van der Waals surface area contributed by atoms with Crippen molar-refractivity contribution >= 4 is 11.7 Å². The number of carbonyl (C=O) groups excluding carboxylic acids is 1. The molecule has 3 aromatic rings. The van der Waals surface area contributed by atoms with Crippen molar-refractivity contribution in [2.45, 2.75) is 31.0 Å². The van der Waals surface area contributed by atoms with Crippen molar-refractivity contribution < 1.29 is 22.4 Å². The van der Waals surface area contributed by atoms with Crippen LogP contribution in [-0.2, 0) is 11.0 Å². The van der Waals surface area contributed by atoms with Crippen LogP contribution in [0.5, 0.6) is 0 Å². The first-order valence-corrected chi connectivity index (χ1v) is 8.92. The van der Waals surface area contributed by atoms with Crippen molar-refractivity contribution in [3.8, 4) is 0 Å². The first-order chi connectivity index (χ1) is 13.9. The molecule has 0 amide bonds. The number of fused-ring (bicyclic) bond motifs is 1. The van der Waals surface area contributed by atoms with Gasteiger partial charge in [-0.2, -0.15) is 18.2 Å². The Morgan fingerprint density at radius 2 is 2.07 bits per heavy atom. The van der Waals surface area contributed by atoms with Crippen LogP contribution in [0.25, 0.3) is 0 Å². The van der Waals surface area contributed by atoms with E-state index in [0.29, 0.717) is 29.0 Å². The van der Waals surface area contributed by atoms with E-state index in [0.717, 1.165) is 4.68 Å². The van der Waals surface area contributed by atoms with Gasteiger partial charge in [-0.1, -0.05) is 6.07 Å². The van der Waals surface area contributed by atoms with Gasteiger partial charge in [0.25, 0.3) is 5.82 Å². The maximum absolute atomic E-state index is 13.2. The molecule has 0 spiro atoms. The fourth-order valence-electron chi connectivity index (χ4n) is 3.90. The fraction of sp³-hybridized carbons (Fsp3) is 0.263. The molecule has 0 saturated heterocycles. The van der Waals surface area contributed by atoms with Gasteiger partial charge in [-0.05, 0) is 30.2 Å². The summed E-state index contributed by atoms with van der Waals surface area (Å²) in [6.07, 6.45) is 0.514. The fourth-order valence-corrected chi connectivity index (χ4v) is 3.90. The zero-order valence-corrected chi connectivity index (χ0v) is 14.8. The van der Waals surface area contributed by atoms with Gasteiger partial charge in [0.05, 0.1) is 6.26 Å². The van der Waals surface area contributed by atoms with Gasteiger partial charge in [0, 0.05) is 36.0 Å². The highest BCUT2D eigenvalue weighted by Gasteiger charge is 2.43. The molecule has 4 heterocycles. The number of rotatable bonds is 2. The molecule has 0 fully saturated rings. The third-order valence-corrected chi connectivity index (χ3v) is 5.12. The molecule has 0 saturated carbocycles. The summed E-state index contributed by atoms with van der Waals surface area (Å²) in [6.45, 7) is 0. The lowest BCUT2D eigenvalue weighted by atomic mass is 9.80. The zero-order valence-electron chi connectivity index (χ0n) is 14.8. The molecule has 0 radical (unpaired) electrons. The lowest BCUT2D eigenvalue weighted by Crippen LogP contribution is -2.33. The van der Waals surface area contributed by atoms with E-state index in [4.69, 9.17) is 4.42 Å². The summed E-state index contributed by atoms with van der Waals surface area (Å²) in [7, 11) is 0. The number of nitrogens with one attached hydrogen (secondary N) is 1. The molecule has 2 aliphatic rings. The standard InChI is InChI=1S/C19H14F3N5O2/c20-19(21,22)17-25-18-24-12-7-11(14-4-2-6-29-14)8-13(28)15(12)16(27(18)26-17)10-3-1-5-23-9-10/h1-6,9,11,16H,7-8H2,(H,24,25,26)/t11-,16+/m0/s1. The largest absolute Gasteiger partial charge is 0.469 e. The van der Waals surface area contributed by atoms with Gasteiger partial charge in [-0.25, -0.2) is 4.68 Å². The highest BCUT2D eigenvalue weighted by atomic mass is 19.4. The molecule has 0 unspecified atom stereocenters. The normalized spacial score (nSPS) is 21.6. The van der Waals surface area contributed by atoms with E-state index in [9.17, 15) is 18.0 Å². The second-order valence-corrected chi connectivity index (χ2v) is 6.95. The summed E-state index contributed by atoms with van der Waals surface area (Å²) < 4.78 is 46.2. The second kappa shape index (κ2) is 6.29. The Hall–Kier alpha value is -3.43. The Labute approximate surface area is 162 Å².